The number of aliphatic carboxylic acids is 2. The van der Waals surface area contributed by atoms with Crippen molar-refractivity contribution < 1.29 is 19.8 Å². The van der Waals surface area contributed by atoms with E-state index in [1.807, 2.05) is 6.07 Å². The van der Waals surface area contributed by atoms with Crippen LogP contribution in [-0.2, 0) is 29.1 Å². The summed E-state index contributed by atoms with van der Waals surface area (Å²) >= 11 is 0. The first kappa shape index (κ1) is 22.3. The van der Waals surface area contributed by atoms with Gasteiger partial charge in [0.15, 0.2) is 0 Å². The summed E-state index contributed by atoms with van der Waals surface area (Å²) < 4.78 is 0. The standard InChI is InChI=1S/C20H32N4O4/c1-3-5-16-10-17-12-22(4-2)6-7-23(14-19(25)26)8-9-24(15-20(27)28)13-18(11-16)21-17/h10-11H,3-9,12-15H2,1-2H3,(H,25,26)(H,27,28)/p-2. The van der Waals surface area contributed by atoms with E-state index >= 15 is 0 Å². The minimum absolute atomic E-state index is 0.166. The fraction of sp³-hybridized carbons (Fsp3) is 0.650. The molecular formula is C20H30N4O4-2. The number of hydrogen-bond acceptors (Lipinski definition) is 8. The van der Waals surface area contributed by atoms with Crippen LogP contribution in [-0.4, -0.2) is 77.4 Å². The number of hydrogen-bond donors (Lipinski definition) is 0. The molecule has 0 atom stereocenters. The third kappa shape index (κ3) is 7.53. The average Bonchev–Trinajstić information content (AvgIpc) is 2.61. The zero-order valence-electron chi connectivity index (χ0n) is 16.9. The molecule has 0 saturated heterocycles. The molecule has 0 radical (unpaired) electrons. The smallest absolute Gasteiger partial charge is 0.0555 e. The van der Waals surface area contributed by atoms with Gasteiger partial charge in [-0.15, -0.1) is 0 Å². The minimum Gasteiger partial charge on any atom is -0.549 e. The van der Waals surface area contributed by atoms with Crippen molar-refractivity contribution in [1.29, 1.82) is 0 Å². The van der Waals surface area contributed by atoms with Crippen molar-refractivity contribution in [2.24, 2.45) is 0 Å². The van der Waals surface area contributed by atoms with E-state index in [-0.39, 0.29) is 13.1 Å². The quantitative estimate of drug-likeness (QED) is 0.553. The zero-order valence-corrected chi connectivity index (χ0v) is 16.9. The number of aromatic nitrogens is 1. The van der Waals surface area contributed by atoms with Crippen molar-refractivity contribution in [3.63, 3.8) is 0 Å². The maximum atomic E-state index is 11.2. The number of fused-ring (bicyclic) bond motifs is 2. The number of carboxylic acids is 2. The number of carbonyl (C=O) groups is 2. The lowest BCUT2D eigenvalue weighted by Gasteiger charge is -2.31. The second kappa shape index (κ2) is 11.1. The van der Waals surface area contributed by atoms with Crippen LogP contribution in [0.15, 0.2) is 12.1 Å². The molecule has 0 aromatic carbocycles. The van der Waals surface area contributed by atoms with Crippen LogP contribution in [0.5, 0.6) is 0 Å². The van der Waals surface area contributed by atoms with Gasteiger partial charge in [-0.05, 0) is 30.7 Å². The van der Waals surface area contributed by atoms with E-state index in [0.29, 0.717) is 39.3 Å². The predicted octanol–water partition coefficient (Wildman–Crippen LogP) is -1.53. The van der Waals surface area contributed by atoms with Gasteiger partial charge < -0.3 is 19.8 Å². The molecule has 0 aliphatic carbocycles. The molecule has 1 aliphatic heterocycles. The number of pyridine rings is 1. The monoisotopic (exact) mass is 390 g/mol. The molecule has 1 aromatic rings. The van der Waals surface area contributed by atoms with E-state index in [4.69, 9.17) is 4.98 Å². The Kier molecular flexibility index (Phi) is 8.82. The topological polar surface area (TPSA) is 103 Å². The van der Waals surface area contributed by atoms with Gasteiger partial charge in [0.1, 0.15) is 0 Å². The number of likely N-dealkylation sites (N-methyl/N-ethyl adjacent to an activating group) is 1. The molecule has 0 unspecified atom stereocenters. The van der Waals surface area contributed by atoms with Crippen LogP contribution in [0.4, 0.5) is 0 Å². The predicted molar refractivity (Wildman–Crippen MR) is 101 cm³/mol. The lowest BCUT2D eigenvalue weighted by atomic mass is 10.1. The van der Waals surface area contributed by atoms with Gasteiger partial charge in [0.2, 0.25) is 0 Å². The highest BCUT2D eigenvalue weighted by Gasteiger charge is 2.16. The van der Waals surface area contributed by atoms with Crippen LogP contribution in [0.1, 0.15) is 37.2 Å². The summed E-state index contributed by atoms with van der Waals surface area (Å²) in [6.07, 6.45) is 1.98. The number of carbonyl (C=O) groups excluding carboxylic acids is 2. The van der Waals surface area contributed by atoms with Gasteiger partial charge in [-0.1, -0.05) is 20.3 Å². The maximum Gasteiger partial charge on any atom is 0.0555 e. The first-order chi connectivity index (χ1) is 13.4. The van der Waals surface area contributed by atoms with E-state index in [1.54, 1.807) is 9.80 Å². The molecule has 1 aliphatic rings. The van der Waals surface area contributed by atoms with Gasteiger partial charge in [-0.25, -0.2) is 0 Å². The van der Waals surface area contributed by atoms with E-state index in [9.17, 15) is 19.8 Å². The van der Waals surface area contributed by atoms with Crippen molar-refractivity contribution in [2.75, 3.05) is 45.8 Å². The van der Waals surface area contributed by atoms with Crippen LogP contribution < -0.4 is 10.2 Å². The molecule has 1 aromatic heterocycles. The SMILES string of the molecule is CCCc1cc2nc(c1)CN(CC(=O)[O-])CCN(CC(=O)[O-])CCN(CC)C2. The van der Waals surface area contributed by atoms with Gasteiger partial charge in [-0.2, -0.15) is 0 Å². The summed E-state index contributed by atoms with van der Waals surface area (Å²) in [5.41, 5.74) is 3.01. The molecule has 0 N–H and O–H groups in total. The van der Waals surface area contributed by atoms with E-state index in [2.05, 4.69) is 24.8 Å². The normalized spacial score (nSPS) is 17.6. The lowest BCUT2D eigenvalue weighted by Crippen LogP contribution is -2.46. The summed E-state index contributed by atoms with van der Waals surface area (Å²) in [7, 11) is 0. The first-order valence-corrected chi connectivity index (χ1v) is 9.95. The molecule has 8 heteroatoms. The fourth-order valence-corrected chi connectivity index (χ4v) is 3.54. The summed E-state index contributed by atoms with van der Waals surface area (Å²) in [5, 5.41) is 22.3. The van der Waals surface area contributed by atoms with Gasteiger partial charge >= 0.3 is 0 Å². The lowest BCUT2D eigenvalue weighted by molar-refractivity contribution is -0.308. The van der Waals surface area contributed by atoms with Crippen LogP contribution in [0.2, 0.25) is 0 Å². The highest BCUT2D eigenvalue weighted by atomic mass is 16.4. The molecular weight excluding hydrogens is 360 g/mol. The van der Waals surface area contributed by atoms with Crippen LogP contribution in [0.3, 0.4) is 0 Å². The summed E-state index contributed by atoms with van der Waals surface area (Å²) in [6, 6.07) is 4.15. The molecule has 156 valence electrons. The number of nitrogens with zero attached hydrogens (tertiary/aromatic N) is 4. The Hall–Kier alpha value is -2.03. The largest absolute Gasteiger partial charge is 0.549 e. The van der Waals surface area contributed by atoms with Crippen LogP contribution >= 0.6 is 0 Å². The van der Waals surface area contributed by atoms with Crippen LogP contribution in [0.25, 0.3) is 0 Å². The van der Waals surface area contributed by atoms with E-state index < -0.39 is 11.9 Å². The van der Waals surface area contributed by atoms with E-state index in [0.717, 1.165) is 30.8 Å². The molecule has 2 rings (SSSR count). The van der Waals surface area contributed by atoms with Crippen molar-refractivity contribution in [1.82, 2.24) is 19.7 Å². The van der Waals surface area contributed by atoms with Gasteiger partial charge in [0, 0.05) is 52.4 Å². The number of aryl methyl sites for hydroxylation is 1. The number of carboxylic acid groups (broad SMARTS) is 2. The van der Waals surface area contributed by atoms with Gasteiger partial charge in [0.05, 0.1) is 23.3 Å². The molecule has 2 bridgehead atoms. The second-order valence-electron chi connectivity index (χ2n) is 7.31. The van der Waals surface area contributed by atoms with Crippen molar-refractivity contribution in [3.8, 4) is 0 Å². The fourth-order valence-electron chi connectivity index (χ4n) is 3.54. The molecule has 2 heterocycles. The average molecular weight is 390 g/mol. The molecule has 0 spiro atoms. The van der Waals surface area contributed by atoms with Crippen molar-refractivity contribution in [3.05, 3.63) is 29.1 Å². The highest BCUT2D eigenvalue weighted by molar-refractivity contribution is 5.67. The first-order valence-electron chi connectivity index (χ1n) is 9.95. The van der Waals surface area contributed by atoms with Crippen LogP contribution in [0, 0.1) is 0 Å². The van der Waals surface area contributed by atoms with Gasteiger partial charge in [-0.3, -0.25) is 19.7 Å². The summed E-state index contributed by atoms with van der Waals surface area (Å²) in [5.74, 6) is -2.28. The second-order valence-corrected chi connectivity index (χ2v) is 7.31. The summed E-state index contributed by atoms with van der Waals surface area (Å²) in [6.45, 7) is 7.88. The number of rotatable bonds is 7. The highest BCUT2D eigenvalue weighted by Crippen LogP contribution is 2.14. The third-order valence-electron chi connectivity index (χ3n) is 4.92. The third-order valence-corrected chi connectivity index (χ3v) is 4.92. The Morgan fingerprint density at radius 2 is 1.39 bits per heavy atom. The molecule has 0 fully saturated rings. The molecule has 8 nitrogen and oxygen atoms in total. The Labute approximate surface area is 166 Å². The van der Waals surface area contributed by atoms with Crippen molar-refractivity contribution >= 4 is 11.9 Å². The van der Waals surface area contributed by atoms with Gasteiger partial charge in [0.25, 0.3) is 0 Å². The Balaban J connectivity index is 2.30. The van der Waals surface area contributed by atoms with Crippen molar-refractivity contribution in [2.45, 2.75) is 39.8 Å². The molecule has 0 saturated carbocycles. The maximum absolute atomic E-state index is 11.2. The minimum atomic E-state index is -1.15. The van der Waals surface area contributed by atoms with E-state index in [1.165, 1.54) is 5.56 Å². The Morgan fingerprint density at radius 1 is 0.893 bits per heavy atom. The Morgan fingerprint density at radius 3 is 1.93 bits per heavy atom. The zero-order chi connectivity index (χ0) is 20.5. The molecule has 28 heavy (non-hydrogen) atoms. The Bertz CT molecular complexity index is 668. The molecule has 0 amide bonds. The summed E-state index contributed by atoms with van der Waals surface area (Å²) in [4.78, 5) is 32.8.